The number of piperidine rings is 1. The van der Waals surface area contributed by atoms with Gasteiger partial charge in [-0.2, -0.15) is 0 Å². The number of amides is 1. The Balaban J connectivity index is 1.76. The van der Waals surface area contributed by atoms with Crippen LogP contribution in [0.2, 0.25) is 0 Å². The van der Waals surface area contributed by atoms with Gasteiger partial charge in [-0.25, -0.2) is 4.98 Å². The number of likely N-dealkylation sites (tertiary alicyclic amines) is 1. The molecule has 1 amide bonds. The first-order chi connectivity index (χ1) is 11.6. The molecular formula is C19H26N2O3. The maximum Gasteiger partial charge on any atom is 0.272 e. The Morgan fingerprint density at radius 1 is 1.58 bits per heavy atom. The summed E-state index contributed by atoms with van der Waals surface area (Å²) in [4.78, 5) is 19.2. The number of carbonyl (C=O) groups is 1. The lowest BCUT2D eigenvalue weighted by Crippen LogP contribution is -2.58. The van der Waals surface area contributed by atoms with Crippen molar-refractivity contribution in [3.8, 4) is 0 Å². The van der Waals surface area contributed by atoms with Crippen molar-refractivity contribution in [1.82, 2.24) is 9.88 Å². The average molecular weight is 330 g/mol. The molecule has 3 heterocycles. The number of nitrogens with zero attached hydrogens (tertiary/aromatic N) is 2. The molecule has 1 aromatic heterocycles. The zero-order chi connectivity index (χ0) is 17.0. The van der Waals surface area contributed by atoms with Gasteiger partial charge in [0.05, 0.1) is 19.3 Å². The van der Waals surface area contributed by atoms with Crippen molar-refractivity contribution in [2.45, 2.75) is 32.3 Å². The van der Waals surface area contributed by atoms with Gasteiger partial charge in [-0.1, -0.05) is 12.1 Å². The fraction of sp³-hybridized carbons (Fsp3) is 0.579. The summed E-state index contributed by atoms with van der Waals surface area (Å²) in [7, 11) is 0. The summed E-state index contributed by atoms with van der Waals surface area (Å²) in [6.07, 6.45) is 4.83. The number of aryl methyl sites for hydroxylation is 1. The van der Waals surface area contributed by atoms with E-state index in [0.717, 1.165) is 31.6 Å². The van der Waals surface area contributed by atoms with Crippen LogP contribution in [0.15, 0.2) is 30.9 Å². The van der Waals surface area contributed by atoms with Crippen LogP contribution in [-0.2, 0) is 9.47 Å². The molecule has 2 fully saturated rings. The Morgan fingerprint density at radius 2 is 2.46 bits per heavy atom. The maximum atomic E-state index is 12.9. The third-order valence-corrected chi connectivity index (χ3v) is 5.01. The van der Waals surface area contributed by atoms with E-state index < -0.39 is 0 Å². The van der Waals surface area contributed by atoms with Gasteiger partial charge < -0.3 is 14.4 Å². The van der Waals surface area contributed by atoms with E-state index in [4.69, 9.17) is 9.47 Å². The highest BCUT2D eigenvalue weighted by atomic mass is 16.5. The van der Waals surface area contributed by atoms with Crippen LogP contribution in [0.3, 0.4) is 0 Å². The number of pyridine rings is 1. The monoisotopic (exact) mass is 330 g/mol. The molecule has 2 saturated heterocycles. The number of fused-ring (bicyclic) bond motifs is 1. The summed E-state index contributed by atoms with van der Waals surface area (Å²) in [6.45, 7) is 8.94. The SMILES string of the molecule is C=CCOC[C@]12CCCO[C@@H]1CCN(C(=O)c1cccc(C)n1)C2. The van der Waals surface area contributed by atoms with Gasteiger partial charge in [0.2, 0.25) is 0 Å². The molecule has 0 unspecified atom stereocenters. The number of hydrogen-bond acceptors (Lipinski definition) is 4. The molecule has 2 aliphatic rings. The first-order valence-electron chi connectivity index (χ1n) is 8.68. The minimum Gasteiger partial charge on any atom is -0.377 e. The summed E-state index contributed by atoms with van der Waals surface area (Å²) in [6, 6.07) is 5.58. The lowest BCUT2D eigenvalue weighted by atomic mass is 9.73. The second-order valence-electron chi connectivity index (χ2n) is 6.81. The fourth-order valence-corrected chi connectivity index (χ4v) is 3.84. The maximum absolute atomic E-state index is 12.9. The standard InChI is InChI=1S/C19H26N2O3/c1-3-11-23-14-19-9-5-12-24-17(19)8-10-21(13-19)18(22)16-7-4-6-15(2)20-16/h3-4,6-7,17H,1,5,8-14H2,2H3/t17-,19-/m1/s1. The summed E-state index contributed by atoms with van der Waals surface area (Å²) in [5.41, 5.74) is 1.27. The van der Waals surface area contributed by atoms with Crippen LogP contribution in [0.4, 0.5) is 0 Å². The Kier molecular flexibility index (Phi) is 5.31. The van der Waals surface area contributed by atoms with Crippen molar-refractivity contribution >= 4 is 5.91 Å². The molecule has 3 rings (SSSR count). The topological polar surface area (TPSA) is 51.7 Å². The molecule has 24 heavy (non-hydrogen) atoms. The Morgan fingerprint density at radius 3 is 3.25 bits per heavy atom. The highest BCUT2D eigenvalue weighted by Gasteiger charge is 2.47. The van der Waals surface area contributed by atoms with E-state index in [1.54, 1.807) is 12.1 Å². The van der Waals surface area contributed by atoms with Crippen molar-refractivity contribution in [1.29, 1.82) is 0 Å². The Labute approximate surface area is 143 Å². The van der Waals surface area contributed by atoms with Crippen LogP contribution >= 0.6 is 0 Å². The molecule has 1 aromatic rings. The number of aromatic nitrogens is 1. The summed E-state index contributed by atoms with van der Waals surface area (Å²) < 4.78 is 11.8. The minimum absolute atomic E-state index is 0.00539. The van der Waals surface area contributed by atoms with Crippen LogP contribution in [-0.4, -0.2) is 54.8 Å². The minimum atomic E-state index is -0.112. The molecule has 5 nitrogen and oxygen atoms in total. The van der Waals surface area contributed by atoms with Crippen LogP contribution in [0.25, 0.3) is 0 Å². The van der Waals surface area contributed by atoms with E-state index in [0.29, 0.717) is 32.0 Å². The molecule has 0 saturated carbocycles. The van der Waals surface area contributed by atoms with E-state index in [1.165, 1.54) is 0 Å². The highest BCUT2D eigenvalue weighted by Crippen LogP contribution is 2.40. The number of carbonyl (C=O) groups excluding carboxylic acids is 1. The molecule has 0 radical (unpaired) electrons. The van der Waals surface area contributed by atoms with Crippen molar-refractivity contribution < 1.29 is 14.3 Å². The largest absolute Gasteiger partial charge is 0.377 e. The molecule has 0 aliphatic carbocycles. The first-order valence-corrected chi connectivity index (χ1v) is 8.68. The predicted molar refractivity (Wildman–Crippen MR) is 91.9 cm³/mol. The second-order valence-corrected chi connectivity index (χ2v) is 6.81. The van der Waals surface area contributed by atoms with Gasteiger partial charge in [0.15, 0.2) is 0 Å². The van der Waals surface area contributed by atoms with Gasteiger partial charge in [-0.3, -0.25) is 4.79 Å². The lowest BCUT2D eigenvalue weighted by Gasteiger charge is -2.50. The molecule has 0 N–H and O–H groups in total. The quantitative estimate of drug-likeness (QED) is 0.615. The number of rotatable bonds is 5. The van der Waals surface area contributed by atoms with Crippen LogP contribution in [0, 0.1) is 12.3 Å². The average Bonchev–Trinajstić information content (AvgIpc) is 2.61. The number of hydrogen-bond donors (Lipinski definition) is 0. The summed E-state index contributed by atoms with van der Waals surface area (Å²) >= 11 is 0. The molecule has 5 heteroatoms. The van der Waals surface area contributed by atoms with E-state index >= 15 is 0 Å². The van der Waals surface area contributed by atoms with E-state index in [-0.39, 0.29) is 17.4 Å². The molecule has 0 aromatic carbocycles. The van der Waals surface area contributed by atoms with Crippen molar-refractivity contribution in [2.24, 2.45) is 5.41 Å². The van der Waals surface area contributed by atoms with Crippen molar-refractivity contribution in [3.63, 3.8) is 0 Å². The molecule has 2 atom stereocenters. The van der Waals surface area contributed by atoms with E-state index in [1.807, 2.05) is 24.0 Å². The van der Waals surface area contributed by atoms with Crippen LogP contribution in [0.1, 0.15) is 35.4 Å². The smallest absolute Gasteiger partial charge is 0.272 e. The van der Waals surface area contributed by atoms with Crippen LogP contribution in [0.5, 0.6) is 0 Å². The first kappa shape index (κ1) is 17.1. The zero-order valence-electron chi connectivity index (χ0n) is 14.4. The molecule has 130 valence electrons. The molecule has 0 bridgehead atoms. The third-order valence-electron chi connectivity index (χ3n) is 5.01. The molecular weight excluding hydrogens is 304 g/mol. The summed E-state index contributed by atoms with van der Waals surface area (Å²) in [5, 5.41) is 0. The highest BCUT2D eigenvalue weighted by molar-refractivity contribution is 5.92. The second kappa shape index (κ2) is 7.45. The third kappa shape index (κ3) is 3.52. The predicted octanol–water partition coefficient (Wildman–Crippen LogP) is 2.60. The van der Waals surface area contributed by atoms with Crippen LogP contribution < -0.4 is 0 Å². The molecule has 0 spiro atoms. The van der Waals surface area contributed by atoms with Gasteiger partial charge >= 0.3 is 0 Å². The van der Waals surface area contributed by atoms with E-state index in [2.05, 4.69) is 11.6 Å². The lowest BCUT2D eigenvalue weighted by molar-refractivity contribution is -0.144. The summed E-state index contributed by atoms with van der Waals surface area (Å²) in [5.74, 6) is 0.00539. The fourth-order valence-electron chi connectivity index (χ4n) is 3.84. The van der Waals surface area contributed by atoms with Gasteiger partial charge in [0.25, 0.3) is 5.91 Å². The molecule has 2 aliphatic heterocycles. The Bertz CT molecular complexity index is 604. The van der Waals surface area contributed by atoms with Crippen molar-refractivity contribution in [3.05, 3.63) is 42.2 Å². The Hall–Kier alpha value is -1.72. The normalized spacial score (nSPS) is 26.7. The van der Waals surface area contributed by atoms with Gasteiger partial charge in [-0.15, -0.1) is 6.58 Å². The van der Waals surface area contributed by atoms with E-state index in [9.17, 15) is 4.79 Å². The van der Waals surface area contributed by atoms with Gasteiger partial charge in [0.1, 0.15) is 5.69 Å². The zero-order valence-corrected chi connectivity index (χ0v) is 14.4. The number of ether oxygens (including phenoxy) is 2. The van der Waals surface area contributed by atoms with Crippen molar-refractivity contribution in [2.75, 3.05) is 32.9 Å². The van der Waals surface area contributed by atoms with Gasteiger partial charge in [0, 0.05) is 30.8 Å². The van der Waals surface area contributed by atoms with Gasteiger partial charge in [-0.05, 0) is 38.3 Å².